The average Bonchev–Trinajstić information content (AvgIpc) is 3.21. The molecule has 3 amide bonds. The van der Waals surface area contributed by atoms with E-state index in [4.69, 9.17) is 0 Å². The van der Waals surface area contributed by atoms with Crippen molar-refractivity contribution in [2.75, 3.05) is 18.9 Å². The van der Waals surface area contributed by atoms with E-state index < -0.39 is 0 Å². The number of hydrogen-bond donors (Lipinski definition) is 2. The largest absolute Gasteiger partial charge is 0.347 e. The molecule has 7 heteroatoms. The Hall–Kier alpha value is -3.09. The number of aromatic nitrogens is 2. The number of unbranched alkanes of at least 4 members (excludes halogenated alkanes) is 3. The van der Waals surface area contributed by atoms with Gasteiger partial charge in [-0.25, -0.2) is 4.79 Å². The summed E-state index contributed by atoms with van der Waals surface area (Å²) in [6.45, 7) is 8.27. The van der Waals surface area contributed by atoms with Gasteiger partial charge in [-0.3, -0.25) is 9.78 Å². The number of anilines is 1. The average molecular weight is 454 g/mol. The summed E-state index contributed by atoms with van der Waals surface area (Å²) in [6.07, 6.45) is 14.7. The summed E-state index contributed by atoms with van der Waals surface area (Å²) in [7, 11) is 1.80. The van der Waals surface area contributed by atoms with Crippen LogP contribution in [0.25, 0.3) is 0 Å². The Bertz CT molecular complexity index is 889. The summed E-state index contributed by atoms with van der Waals surface area (Å²) in [5.74, 6) is 0.406. The van der Waals surface area contributed by atoms with Crippen LogP contribution < -0.4 is 10.6 Å². The number of carbonyl (C=O) groups excluding carboxylic acids is 2. The fourth-order valence-corrected chi connectivity index (χ4v) is 3.36. The Balaban J connectivity index is 1.92. The number of hydrogen-bond acceptors (Lipinski definition) is 3. The summed E-state index contributed by atoms with van der Waals surface area (Å²) in [6, 6.07) is 5.35. The zero-order valence-electron chi connectivity index (χ0n) is 20.5. The number of rotatable bonds is 13. The van der Waals surface area contributed by atoms with Gasteiger partial charge in [0.05, 0.1) is 5.69 Å². The van der Waals surface area contributed by atoms with Gasteiger partial charge in [-0.2, -0.15) is 0 Å². The number of urea groups is 1. The van der Waals surface area contributed by atoms with Crippen molar-refractivity contribution < 1.29 is 9.59 Å². The lowest BCUT2D eigenvalue weighted by Crippen LogP contribution is -2.32. The quantitative estimate of drug-likeness (QED) is 0.312. The Kier molecular flexibility index (Phi) is 11.2. The highest BCUT2D eigenvalue weighted by molar-refractivity contribution is 5.96. The third-order valence-corrected chi connectivity index (χ3v) is 5.29. The molecule has 0 bridgehead atoms. The molecule has 0 atom stereocenters. The van der Waals surface area contributed by atoms with E-state index in [2.05, 4.69) is 48.5 Å². The zero-order valence-corrected chi connectivity index (χ0v) is 20.5. The minimum Gasteiger partial charge on any atom is -0.347 e. The molecule has 0 aliphatic carbocycles. The monoisotopic (exact) mass is 453 g/mol. The minimum atomic E-state index is -0.168. The number of aryl methyl sites for hydroxylation is 1. The molecule has 0 saturated carbocycles. The Labute approximate surface area is 198 Å². The number of nitrogens with one attached hydrogen (secondary N) is 2. The summed E-state index contributed by atoms with van der Waals surface area (Å²) >= 11 is 0. The molecule has 0 fully saturated rings. The van der Waals surface area contributed by atoms with Crippen molar-refractivity contribution in [1.82, 2.24) is 19.8 Å². The second kappa shape index (κ2) is 14.1. The molecule has 0 aliphatic heterocycles. The predicted molar refractivity (Wildman–Crippen MR) is 134 cm³/mol. The lowest BCUT2D eigenvalue weighted by atomic mass is 10.1. The molecule has 0 spiro atoms. The molecule has 0 saturated heterocycles. The highest BCUT2D eigenvalue weighted by Gasteiger charge is 2.16. The van der Waals surface area contributed by atoms with Crippen LogP contribution in [0.2, 0.25) is 0 Å². The molecule has 180 valence electrons. The molecule has 2 aromatic rings. The van der Waals surface area contributed by atoms with E-state index in [1.165, 1.54) is 0 Å². The molecule has 7 nitrogen and oxygen atoms in total. The molecule has 2 rings (SSSR count). The van der Waals surface area contributed by atoms with Crippen LogP contribution in [0, 0.1) is 5.92 Å². The maximum atomic E-state index is 12.8. The Morgan fingerprint density at radius 3 is 2.76 bits per heavy atom. The molecule has 0 unspecified atom stereocenters. The first-order valence-electron chi connectivity index (χ1n) is 12.0. The van der Waals surface area contributed by atoms with E-state index >= 15 is 0 Å². The van der Waals surface area contributed by atoms with Crippen LogP contribution in [-0.2, 0) is 13.1 Å². The van der Waals surface area contributed by atoms with Gasteiger partial charge in [0, 0.05) is 45.3 Å². The Morgan fingerprint density at radius 1 is 1.24 bits per heavy atom. The minimum absolute atomic E-state index is 0.164. The van der Waals surface area contributed by atoms with Crippen LogP contribution >= 0.6 is 0 Å². The second-order valence-corrected chi connectivity index (χ2v) is 8.72. The fourth-order valence-electron chi connectivity index (χ4n) is 3.36. The van der Waals surface area contributed by atoms with Gasteiger partial charge in [-0.15, -0.1) is 0 Å². The lowest BCUT2D eigenvalue weighted by molar-refractivity contribution is 0.0941. The first-order chi connectivity index (χ1) is 15.9. The molecule has 0 aliphatic rings. The maximum absolute atomic E-state index is 12.8. The van der Waals surface area contributed by atoms with Crippen molar-refractivity contribution in [2.45, 2.75) is 66.0 Å². The third-order valence-electron chi connectivity index (χ3n) is 5.29. The highest BCUT2D eigenvalue weighted by Crippen LogP contribution is 2.16. The summed E-state index contributed by atoms with van der Waals surface area (Å²) in [5.41, 5.74) is 2.11. The van der Waals surface area contributed by atoms with Crippen molar-refractivity contribution in [1.29, 1.82) is 0 Å². The first-order valence-corrected chi connectivity index (χ1v) is 12.0. The molecule has 0 aromatic carbocycles. The van der Waals surface area contributed by atoms with Gasteiger partial charge >= 0.3 is 6.03 Å². The molecule has 2 heterocycles. The molecule has 2 aromatic heterocycles. The predicted octanol–water partition coefficient (Wildman–Crippen LogP) is 5.46. The number of pyridine rings is 1. The molecule has 2 N–H and O–H groups in total. The van der Waals surface area contributed by atoms with E-state index in [-0.39, 0.29) is 11.9 Å². The number of amides is 3. The smallest absolute Gasteiger partial charge is 0.321 e. The van der Waals surface area contributed by atoms with Crippen LogP contribution in [-0.4, -0.2) is 40.0 Å². The van der Waals surface area contributed by atoms with Gasteiger partial charge in [0.1, 0.15) is 5.69 Å². The molecule has 33 heavy (non-hydrogen) atoms. The van der Waals surface area contributed by atoms with Crippen LogP contribution in [0.15, 0.2) is 48.9 Å². The van der Waals surface area contributed by atoms with Crippen molar-refractivity contribution in [2.24, 2.45) is 5.92 Å². The van der Waals surface area contributed by atoms with Crippen LogP contribution in [0.3, 0.4) is 0 Å². The molecular weight excluding hydrogens is 414 g/mol. The van der Waals surface area contributed by atoms with Gasteiger partial charge < -0.3 is 20.1 Å². The van der Waals surface area contributed by atoms with Crippen molar-refractivity contribution in [3.05, 3.63) is 60.2 Å². The van der Waals surface area contributed by atoms with Gasteiger partial charge in [0.2, 0.25) is 0 Å². The third kappa shape index (κ3) is 9.51. The maximum Gasteiger partial charge on any atom is 0.321 e. The topological polar surface area (TPSA) is 79.3 Å². The number of nitrogens with zero attached hydrogens (tertiary/aromatic N) is 3. The van der Waals surface area contributed by atoms with E-state index in [1.54, 1.807) is 30.4 Å². The van der Waals surface area contributed by atoms with Crippen LogP contribution in [0.5, 0.6) is 0 Å². The number of carbonyl (C=O) groups is 2. The van der Waals surface area contributed by atoms with Crippen LogP contribution in [0.4, 0.5) is 10.5 Å². The molecular formula is C26H39N5O2. The van der Waals surface area contributed by atoms with Gasteiger partial charge in [0.25, 0.3) is 5.91 Å². The summed E-state index contributed by atoms with van der Waals surface area (Å²) in [4.78, 5) is 31.2. The fraction of sp³-hybridized carbons (Fsp3) is 0.500. The normalized spacial score (nSPS) is 11.2. The van der Waals surface area contributed by atoms with Crippen molar-refractivity contribution in [3.63, 3.8) is 0 Å². The van der Waals surface area contributed by atoms with E-state index in [0.29, 0.717) is 30.4 Å². The SMILES string of the molecule is CCCCn1cc(NC(=O)N(C)CCCC/C=C\C(C)C)cc1C(=O)NCc1cccnc1. The van der Waals surface area contributed by atoms with Gasteiger partial charge in [0.15, 0.2) is 0 Å². The van der Waals surface area contributed by atoms with Crippen molar-refractivity contribution in [3.8, 4) is 0 Å². The van der Waals surface area contributed by atoms with E-state index in [0.717, 1.165) is 44.2 Å². The highest BCUT2D eigenvalue weighted by atomic mass is 16.2. The van der Waals surface area contributed by atoms with Crippen LogP contribution in [0.1, 0.15) is 68.9 Å². The van der Waals surface area contributed by atoms with Gasteiger partial charge in [-0.05, 0) is 49.3 Å². The van der Waals surface area contributed by atoms with E-state index in [1.807, 2.05) is 22.9 Å². The first kappa shape index (κ1) is 26.2. The zero-order chi connectivity index (χ0) is 24.1. The summed E-state index contributed by atoms with van der Waals surface area (Å²) < 4.78 is 1.92. The summed E-state index contributed by atoms with van der Waals surface area (Å²) in [5, 5.41) is 5.88. The van der Waals surface area contributed by atoms with E-state index in [9.17, 15) is 9.59 Å². The standard InChI is InChI=1S/C26H39N5O2/c1-5-6-16-31-20-23(17-24(31)25(32)28-19-22-13-11-14-27-18-22)29-26(33)30(4)15-10-8-7-9-12-21(2)3/h9,11-14,17-18,20-21H,5-8,10,15-16,19H2,1-4H3,(H,28,32)(H,29,33)/b12-9-. The Morgan fingerprint density at radius 2 is 2.06 bits per heavy atom. The number of allylic oxidation sites excluding steroid dienone is 2. The van der Waals surface area contributed by atoms with Crippen molar-refractivity contribution >= 4 is 17.6 Å². The molecule has 0 radical (unpaired) electrons. The lowest BCUT2D eigenvalue weighted by Gasteiger charge is -2.17. The second-order valence-electron chi connectivity index (χ2n) is 8.72. The van der Waals surface area contributed by atoms with Gasteiger partial charge in [-0.1, -0.05) is 45.4 Å².